The fraction of sp³-hybridized carbons (Fsp3) is 0.500. The summed E-state index contributed by atoms with van der Waals surface area (Å²) in [5.74, 6) is -0.732. The van der Waals surface area contributed by atoms with Crippen molar-refractivity contribution in [2.45, 2.75) is 32.1 Å². The van der Waals surface area contributed by atoms with Crippen LogP contribution in [0, 0.1) is 11.8 Å². The predicted molar refractivity (Wildman–Crippen MR) is 75.6 cm³/mol. The lowest BCUT2D eigenvalue weighted by molar-refractivity contribution is -0.141. The zero-order chi connectivity index (χ0) is 14.1. The van der Waals surface area contributed by atoms with Gasteiger partial charge in [0.1, 0.15) is 0 Å². The molecule has 2 aliphatic rings. The summed E-state index contributed by atoms with van der Waals surface area (Å²) < 4.78 is 0. The van der Waals surface area contributed by atoms with Gasteiger partial charge in [0.2, 0.25) is 5.91 Å². The number of hydrogen-bond donors (Lipinski definition) is 1. The van der Waals surface area contributed by atoms with E-state index in [4.69, 9.17) is 0 Å². The summed E-state index contributed by atoms with van der Waals surface area (Å²) in [6.07, 6.45) is 4.54. The molecule has 1 aliphatic carbocycles. The first-order valence-electron chi connectivity index (χ1n) is 7.26. The molecule has 1 atom stereocenters. The lowest BCUT2D eigenvalue weighted by Crippen LogP contribution is -2.43. The van der Waals surface area contributed by atoms with Gasteiger partial charge in [0.15, 0.2) is 0 Å². The lowest BCUT2D eigenvalue weighted by Gasteiger charge is -2.35. The van der Waals surface area contributed by atoms with Crippen molar-refractivity contribution in [2.24, 2.45) is 11.8 Å². The molecule has 1 aromatic carbocycles. The molecule has 4 heteroatoms. The minimum atomic E-state index is -0.819. The van der Waals surface area contributed by atoms with Crippen LogP contribution in [0.5, 0.6) is 0 Å². The van der Waals surface area contributed by atoms with Crippen molar-refractivity contribution < 1.29 is 14.7 Å². The van der Waals surface area contributed by atoms with Gasteiger partial charge in [-0.25, -0.2) is 0 Å². The van der Waals surface area contributed by atoms with E-state index in [-0.39, 0.29) is 5.91 Å². The van der Waals surface area contributed by atoms with E-state index in [1.54, 1.807) is 4.90 Å². The third kappa shape index (κ3) is 2.42. The summed E-state index contributed by atoms with van der Waals surface area (Å²) in [6.45, 7) is 0.303. The van der Waals surface area contributed by atoms with Crippen LogP contribution in [0.25, 0.3) is 0 Å². The standard InChI is InChI=1S/C16H19NO3/c18-15(8-11-4-3-5-11)17-10-13(16(19)20)9-12-6-1-2-7-14(12)17/h1-2,6-7,11,13H,3-5,8-10H2,(H,19,20). The Balaban J connectivity index is 1.83. The van der Waals surface area contributed by atoms with Crippen molar-refractivity contribution in [3.63, 3.8) is 0 Å². The van der Waals surface area contributed by atoms with E-state index >= 15 is 0 Å². The number of nitrogens with zero attached hydrogens (tertiary/aromatic N) is 1. The summed E-state index contributed by atoms with van der Waals surface area (Å²) in [5, 5.41) is 9.26. The van der Waals surface area contributed by atoms with Crippen LogP contribution in [-0.2, 0) is 16.0 Å². The van der Waals surface area contributed by atoms with Crippen LogP contribution < -0.4 is 4.90 Å². The first kappa shape index (κ1) is 13.2. The maximum atomic E-state index is 12.5. The van der Waals surface area contributed by atoms with E-state index in [1.807, 2.05) is 24.3 Å². The van der Waals surface area contributed by atoms with Gasteiger partial charge in [0, 0.05) is 18.7 Å². The smallest absolute Gasteiger partial charge is 0.308 e. The van der Waals surface area contributed by atoms with Crippen molar-refractivity contribution in [3.05, 3.63) is 29.8 Å². The van der Waals surface area contributed by atoms with Crippen LogP contribution in [0.1, 0.15) is 31.2 Å². The molecule has 0 aromatic heterocycles. The summed E-state index contributed by atoms with van der Waals surface area (Å²) in [7, 11) is 0. The molecule has 1 fully saturated rings. The summed E-state index contributed by atoms with van der Waals surface area (Å²) in [6, 6.07) is 7.65. The van der Waals surface area contributed by atoms with Gasteiger partial charge in [0.05, 0.1) is 5.92 Å². The number of hydrogen-bond acceptors (Lipinski definition) is 2. The van der Waals surface area contributed by atoms with Crippen LogP contribution in [0.2, 0.25) is 0 Å². The van der Waals surface area contributed by atoms with E-state index in [1.165, 1.54) is 6.42 Å². The number of carboxylic acids is 1. The molecule has 1 amide bonds. The highest BCUT2D eigenvalue weighted by Gasteiger charge is 2.33. The van der Waals surface area contributed by atoms with Crippen molar-refractivity contribution in [1.29, 1.82) is 0 Å². The first-order valence-corrected chi connectivity index (χ1v) is 7.26. The van der Waals surface area contributed by atoms with Crippen LogP contribution in [0.4, 0.5) is 5.69 Å². The second-order valence-electron chi connectivity index (χ2n) is 5.87. The molecular formula is C16H19NO3. The number of carbonyl (C=O) groups excluding carboxylic acids is 1. The highest BCUT2D eigenvalue weighted by molar-refractivity contribution is 5.95. The Bertz CT molecular complexity index is 536. The molecule has 1 unspecified atom stereocenters. The van der Waals surface area contributed by atoms with Gasteiger partial charge < -0.3 is 10.0 Å². The highest BCUT2D eigenvalue weighted by Crippen LogP contribution is 2.34. The maximum absolute atomic E-state index is 12.5. The molecule has 1 aliphatic heterocycles. The number of aliphatic carboxylic acids is 1. The number of carbonyl (C=O) groups is 2. The van der Waals surface area contributed by atoms with Gasteiger partial charge in [-0.1, -0.05) is 24.6 Å². The van der Waals surface area contributed by atoms with Gasteiger partial charge >= 0.3 is 5.97 Å². The van der Waals surface area contributed by atoms with Crippen molar-refractivity contribution in [2.75, 3.05) is 11.4 Å². The Morgan fingerprint density at radius 2 is 2.00 bits per heavy atom. The van der Waals surface area contributed by atoms with Gasteiger partial charge in [-0.05, 0) is 36.8 Å². The lowest BCUT2D eigenvalue weighted by atomic mass is 9.82. The summed E-state index contributed by atoms with van der Waals surface area (Å²) in [5.41, 5.74) is 1.86. The van der Waals surface area contributed by atoms with Crippen molar-refractivity contribution in [3.8, 4) is 0 Å². The normalized spacial score (nSPS) is 22.0. The number of benzene rings is 1. The van der Waals surface area contributed by atoms with E-state index in [2.05, 4.69) is 0 Å². The summed E-state index contributed by atoms with van der Waals surface area (Å²) >= 11 is 0. The Kier molecular flexibility index (Phi) is 3.47. The molecule has 106 valence electrons. The number of fused-ring (bicyclic) bond motifs is 1. The molecule has 0 radical (unpaired) electrons. The van der Waals surface area contributed by atoms with Gasteiger partial charge in [-0.15, -0.1) is 0 Å². The second kappa shape index (κ2) is 5.27. The SMILES string of the molecule is O=C(O)C1Cc2ccccc2N(C(=O)CC2CCC2)C1. The topological polar surface area (TPSA) is 57.6 Å². The third-order valence-corrected chi connectivity index (χ3v) is 4.49. The number of carboxylic acid groups (broad SMARTS) is 1. The number of amides is 1. The average molecular weight is 273 g/mol. The minimum absolute atomic E-state index is 0.0769. The van der Waals surface area contributed by atoms with Gasteiger partial charge in [-0.2, -0.15) is 0 Å². The van der Waals surface area contributed by atoms with Crippen LogP contribution in [-0.4, -0.2) is 23.5 Å². The van der Waals surface area contributed by atoms with E-state index < -0.39 is 11.9 Å². The predicted octanol–water partition coefficient (Wildman–Crippen LogP) is 2.47. The van der Waals surface area contributed by atoms with Crippen molar-refractivity contribution in [1.82, 2.24) is 0 Å². The number of para-hydroxylation sites is 1. The van der Waals surface area contributed by atoms with Gasteiger partial charge in [-0.3, -0.25) is 9.59 Å². The number of rotatable bonds is 3. The molecule has 0 saturated heterocycles. The molecule has 1 heterocycles. The number of anilines is 1. The molecule has 4 nitrogen and oxygen atoms in total. The van der Waals surface area contributed by atoms with E-state index in [9.17, 15) is 14.7 Å². The fourth-order valence-electron chi connectivity index (χ4n) is 3.05. The zero-order valence-corrected chi connectivity index (χ0v) is 11.4. The first-order chi connectivity index (χ1) is 9.65. The second-order valence-corrected chi connectivity index (χ2v) is 5.87. The van der Waals surface area contributed by atoms with Crippen LogP contribution >= 0.6 is 0 Å². The zero-order valence-electron chi connectivity index (χ0n) is 11.4. The molecule has 0 spiro atoms. The Morgan fingerprint density at radius 1 is 1.25 bits per heavy atom. The molecule has 20 heavy (non-hydrogen) atoms. The molecule has 3 rings (SSSR count). The molecule has 0 bridgehead atoms. The molecule has 1 aromatic rings. The molecular weight excluding hydrogens is 254 g/mol. The Hall–Kier alpha value is -1.84. The Morgan fingerprint density at radius 3 is 2.65 bits per heavy atom. The quantitative estimate of drug-likeness (QED) is 0.920. The Labute approximate surface area is 118 Å². The van der Waals surface area contributed by atoms with E-state index in [0.29, 0.717) is 25.3 Å². The minimum Gasteiger partial charge on any atom is -0.481 e. The average Bonchev–Trinajstić information content (AvgIpc) is 2.41. The maximum Gasteiger partial charge on any atom is 0.308 e. The highest BCUT2D eigenvalue weighted by atomic mass is 16.4. The molecule has 1 saturated carbocycles. The van der Waals surface area contributed by atoms with Gasteiger partial charge in [0.25, 0.3) is 0 Å². The van der Waals surface area contributed by atoms with Crippen LogP contribution in [0.3, 0.4) is 0 Å². The van der Waals surface area contributed by atoms with Crippen LogP contribution in [0.15, 0.2) is 24.3 Å². The van der Waals surface area contributed by atoms with Crippen molar-refractivity contribution >= 4 is 17.6 Å². The largest absolute Gasteiger partial charge is 0.481 e. The monoisotopic (exact) mass is 273 g/mol. The molecule has 1 N–H and O–H groups in total. The fourth-order valence-corrected chi connectivity index (χ4v) is 3.05. The third-order valence-electron chi connectivity index (χ3n) is 4.49. The summed E-state index contributed by atoms with van der Waals surface area (Å²) in [4.78, 5) is 25.4. The van der Waals surface area contributed by atoms with E-state index in [0.717, 1.165) is 24.1 Å².